The molecular weight excluding hydrogens is 296 g/mol. The molecule has 116 valence electrons. The molecule has 2 aromatic carbocycles. The third-order valence-electron chi connectivity index (χ3n) is 3.40. The second kappa shape index (κ2) is 8.49. The monoisotopic (exact) mass is 316 g/mol. The van der Waals surface area contributed by atoms with Crippen LogP contribution in [0.2, 0.25) is 0 Å². The number of aryl methyl sites for hydroxylation is 1. The minimum atomic E-state index is -0.829. The molecule has 2 aromatic rings. The van der Waals surface area contributed by atoms with Crippen molar-refractivity contribution in [3.05, 3.63) is 65.2 Å². The summed E-state index contributed by atoms with van der Waals surface area (Å²) in [6, 6.07) is 15.3. The van der Waals surface area contributed by atoms with Gasteiger partial charge in [0.2, 0.25) is 0 Å². The number of carboxylic acids is 1. The maximum Gasteiger partial charge on any atom is 0.335 e. The zero-order valence-electron chi connectivity index (χ0n) is 12.6. The molecule has 0 amide bonds. The van der Waals surface area contributed by atoms with E-state index < -0.39 is 5.97 Å². The van der Waals surface area contributed by atoms with Gasteiger partial charge in [-0.05, 0) is 42.5 Å². The first kappa shape index (κ1) is 16.4. The maximum absolute atomic E-state index is 10.8. The third kappa shape index (κ3) is 4.53. The Kier molecular flexibility index (Phi) is 6.34. The van der Waals surface area contributed by atoms with Crippen molar-refractivity contribution in [1.82, 2.24) is 0 Å². The van der Waals surface area contributed by atoms with E-state index in [0.717, 1.165) is 36.5 Å². The number of hydrogen-bond acceptors (Lipinski definition) is 3. The van der Waals surface area contributed by atoms with E-state index in [4.69, 9.17) is 9.84 Å². The molecule has 0 radical (unpaired) electrons. The molecule has 3 nitrogen and oxygen atoms in total. The third-order valence-corrected chi connectivity index (χ3v) is 4.10. The van der Waals surface area contributed by atoms with Gasteiger partial charge in [-0.2, -0.15) is 11.8 Å². The lowest BCUT2D eigenvalue weighted by molar-refractivity contribution is 0.0695. The van der Waals surface area contributed by atoms with Crippen LogP contribution in [-0.4, -0.2) is 23.1 Å². The molecule has 1 aliphatic rings. The SMILES string of the molecule is CSCCCc1ccccc1C(=O)O.c1ccc2c(c1)CO2. The normalized spacial score (nSPS) is 11.3. The summed E-state index contributed by atoms with van der Waals surface area (Å²) in [5.41, 5.74) is 2.70. The first-order valence-corrected chi connectivity index (χ1v) is 8.62. The fourth-order valence-corrected chi connectivity index (χ4v) is 2.63. The zero-order valence-corrected chi connectivity index (χ0v) is 13.4. The van der Waals surface area contributed by atoms with E-state index in [0.29, 0.717) is 5.56 Å². The lowest BCUT2D eigenvalue weighted by Crippen LogP contribution is -2.07. The highest BCUT2D eigenvalue weighted by molar-refractivity contribution is 7.98. The number of rotatable bonds is 5. The minimum Gasteiger partial charge on any atom is -0.488 e. The van der Waals surface area contributed by atoms with Gasteiger partial charge in [0.25, 0.3) is 0 Å². The second-order valence-electron chi connectivity index (χ2n) is 4.96. The van der Waals surface area contributed by atoms with Crippen LogP contribution in [0.5, 0.6) is 5.75 Å². The lowest BCUT2D eigenvalue weighted by Gasteiger charge is -2.18. The number of carbonyl (C=O) groups is 1. The molecule has 0 bridgehead atoms. The van der Waals surface area contributed by atoms with Crippen LogP contribution >= 0.6 is 11.8 Å². The Bertz CT molecular complexity index is 602. The summed E-state index contributed by atoms with van der Waals surface area (Å²) in [7, 11) is 0. The minimum absolute atomic E-state index is 0.439. The Morgan fingerprint density at radius 2 is 1.91 bits per heavy atom. The van der Waals surface area contributed by atoms with Gasteiger partial charge in [0, 0.05) is 5.56 Å². The lowest BCUT2D eigenvalue weighted by atomic mass is 10.0. The number of hydrogen-bond donors (Lipinski definition) is 1. The molecule has 1 heterocycles. The number of thioether (sulfide) groups is 1. The van der Waals surface area contributed by atoms with Gasteiger partial charge < -0.3 is 9.84 Å². The number of para-hydroxylation sites is 1. The molecule has 3 rings (SSSR count). The van der Waals surface area contributed by atoms with Crippen LogP contribution in [0.25, 0.3) is 0 Å². The van der Waals surface area contributed by atoms with Gasteiger partial charge in [-0.15, -0.1) is 0 Å². The highest BCUT2D eigenvalue weighted by atomic mass is 32.2. The summed E-state index contributed by atoms with van der Waals surface area (Å²) in [6.07, 6.45) is 3.94. The van der Waals surface area contributed by atoms with Gasteiger partial charge in [0.1, 0.15) is 12.4 Å². The Balaban J connectivity index is 0.000000183. The van der Waals surface area contributed by atoms with Crippen LogP contribution in [0.3, 0.4) is 0 Å². The molecule has 0 unspecified atom stereocenters. The number of benzene rings is 2. The number of aromatic carboxylic acids is 1. The van der Waals surface area contributed by atoms with Crippen LogP contribution in [0, 0.1) is 0 Å². The summed E-state index contributed by atoms with van der Waals surface area (Å²) in [5, 5.41) is 8.92. The quantitative estimate of drug-likeness (QED) is 0.837. The Hall–Kier alpha value is -1.94. The van der Waals surface area contributed by atoms with Crippen molar-refractivity contribution in [2.24, 2.45) is 0 Å². The van der Waals surface area contributed by atoms with Crippen LogP contribution < -0.4 is 4.74 Å². The van der Waals surface area contributed by atoms with Crippen LogP contribution in [0.15, 0.2) is 48.5 Å². The van der Waals surface area contributed by atoms with Crippen molar-refractivity contribution in [2.45, 2.75) is 19.4 Å². The van der Waals surface area contributed by atoms with E-state index in [1.54, 1.807) is 23.9 Å². The van der Waals surface area contributed by atoms with Crippen molar-refractivity contribution in [1.29, 1.82) is 0 Å². The van der Waals surface area contributed by atoms with E-state index in [2.05, 4.69) is 12.3 Å². The molecule has 0 aliphatic carbocycles. The summed E-state index contributed by atoms with van der Waals surface area (Å²) in [6.45, 7) is 0.802. The summed E-state index contributed by atoms with van der Waals surface area (Å²) in [5.74, 6) is 1.30. The summed E-state index contributed by atoms with van der Waals surface area (Å²) in [4.78, 5) is 10.8. The molecule has 0 atom stereocenters. The average molecular weight is 316 g/mol. The summed E-state index contributed by atoms with van der Waals surface area (Å²) < 4.78 is 5.08. The van der Waals surface area contributed by atoms with Crippen LogP contribution in [-0.2, 0) is 13.0 Å². The Morgan fingerprint density at radius 3 is 2.45 bits per heavy atom. The van der Waals surface area contributed by atoms with E-state index >= 15 is 0 Å². The van der Waals surface area contributed by atoms with Crippen molar-refractivity contribution in [3.63, 3.8) is 0 Å². The van der Waals surface area contributed by atoms with Gasteiger partial charge in [0.15, 0.2) is 0 Å². The second-order valence-corrected chi connectivity index (χ2v) is 5.94. The van der Waals surface area contributed by atoms with Gasteiger partial charge in [-0.3, -0.25) is 0 Å². The first-order valence-electron chi connectivity index (χ1n) is 7.23. The topological polar surface area (TPSA) is 46.5 Å². The molecular formula is C18H20O3S. The molecule has 0 saturated carbocycles. The molecule has 0 aromatic heterocycles. The average Bonchev–Trinajstić information content (AvgIpc) is 2.50. The van der Waals surface area contributed by atoms with E-state index in [9.17, 15) is 4.79 Å². The Labute approximate surface area is 135 Å². The van der Waals surface area contributed by atoms with E-state index in [-0.39, 0.29) is 0 Å². The van der Waals surface area contributed by atoms with Crippen LogP contribution in [0.1, 0.15) is 27.9 Å². The smallest absolute Gasteiger partial charge is 0.335 e. The van der Waals surface area contributed by atoms with Crippen molar-refractivity contribution in [3.8, 4) is 5.75 Å². The number of carboxylic acid groups (broad SMARTS) is 1. The van der Waals surface area contributed by atoms with E-state index in [1.807, 2.05) is 30.3 Å². The predicted molar refractivity (Wildman–Crippen MR) is 90.9 cm³/mol. The molecule has 1 aliphatic heterocycles. The van der Waals surface area contributed by atoms with Gasteiger partial charge in [0.05, 0.1) is 5.56 Å². The molecule has 4 heteroatoms. The first-order chi connectivity index (χ1) is 10.7. The fraction of sp³-hybridized carbons (Fsp3) is 0.278. The molecule has 0 fully saturated rings. The molecule has 0 spiro atoms. The number of fused-ring (bicyclic) bond motifs is 1. The molecule has 0 saturated heterocycles. The highest BCUT2D eigenvalue weighted by Gasteiger charge is 2.10. The number of ether oxygens (including phenoxy) is 1. The van der Waals surface area contributed by atoms with Gasteiger partial charge in [-0.25, -0.2) is 4.79 Å². The molecule has 1 N–H and O–H groups in total. The highest BCUT2D eigenvalue weighted by Crippen LogP contribution is 2.27. The standard InChI is InChI=1S/C11H14O2S.C7H6O/c1-14-8-4-6-9-5-2-3-7-10(9)11(12)13;1-2-4-7-6(3-1)5-8-7/h2-3,5,7H,4,6,8H2,1H3,(H,12,13);1-4H,5H2. The fourth-order valence-electron chi connectivity index (χ4n) is 2.19. The largest absolute Gasteiger partial charge is 0.488 e. The van der Waals surface area contributed by atoms with Crippen LogP contribution in [0.4, 0.5) is 0 Å². The predicted octanol–water partition coefficient (Wildman–Crippen LogP) is 4.26. The van der Waals surface area contributed by atoms with Crippen molar-refractivity contribution in [2.75, 3.05) is 12.0 Å². The molecule has 22 heavy (non-hydrogen) atoms. The maximum atomic E-state index is 10.8. The Morgan fingerprint density at radius 1 is 1.18 bits per heavy atom. The van der Waals surface area contributed by atoms with Crippen molar-refractivity contribution < 1.29 is 14.6 Å². The van der Waals surface area contributed by atoms with E-state index in [1.165, 1.54) is 5.56 Å². The van der Waals surface area contributed by atoms with Gasteiger partial charge >= 0.3 is 5.97 Å². The van der Waals surface area contributed by atoms with Gasteiger partial charge in [-0.1, -0.05) is 36.4 Å². The zero-order chi connectivity index (χ0) is 15.8. The van der Waals surface area contributed by atoms with Crippen molar-refractivity contribution >= 4 is 17.7 Å². The summed E-state index contributed by atoms with van der Waals surface area (Å²) >= 11 is 1.79.